The van der Waals surface area contributed by atoms with Crippen molar-refractivity contribution in [2.45, 2.75) is 13.5 Å². The highest BCUT2D eigenvalue weighted by Crippen LogP contribution is 2.14. The number of benzene rings is 2. The van der Waals surface area contributed by atoms with Crippen LogP contribution in [0, 0.1) is 24.1 Å². The van der Waals surface area contributed by atoms with Gasteiger partial charge in [0, 0.05) is 5.46 Å². The predicted octanol–water partition coefficient (Wildman–Crippen LogP) is 1.26. The first-order valence-electron chi connectivity index (χ1n) is 6.29. The Morgan fingerprint density at radius 2 is 2.00 bits per heavy atom. The van der Waals surface area contributed by atoms with Crippen LogP contribution in [0.1, 0.15) is 16.7 Å². The molecule has 0 spiro atoms. The van der Waals surface area contributed by atoms with Crippen molar-refractivity contribution in [1.29, 1.82) is 5.26 Å². The number of rotatable bonds is 4. The molecule has 4 nitrogen and oxygen atoms in total. The van der Waals surface area contributed by atoms with Gasteiger partial charge in [-0.3, -0.25) is 0 Å². The van der Waals surface area contributed by atoms with Gasteiger partial charge in [0.25, 0.3) is 0 Å². The lowest BCUT2D eigenvalue weighted by atomic mass is 9.79. The molecule has 2 aromatic rings. The van der Waals surface area contributed by atoms with Gasteiger partial charge in [0.1, 0.15) is 24.2 Å². The van der Waals surface area contributed by atoms with Crippen molar-refractivity contribution in [3.8, 4) is 11.8 Å². The molecule has 2 rings (SSSR count). The number of nitriles is 1. The summed E-state index contributed by atoms with van der Waals surface area (Å²) in [6.45, 7) is 1.92. The summed E-state index contributed by atoms with van der Waals surface area (Å²) in [5, 5.41) is 27.4. The summed E-state index contributed by atoms with van der Waals surface area (Å²) in [6.07, 6.45) is 0. The number of ether oxygens (including phenoxy) is 1. The van der Waals surface area contributed by atoms with Gasteiger partial charge in [0.15, 0.2) is 0 Å². The first-order chi connectivity index (χ1) is 10.0. The Balaban J connectivity index is 2.19. The summed E-state index contributed by atoms with van der Waals surface area (Å²) in [5.41, 5.74) is 1.70. The summed E-state index contributed by atoms with van der Waals surface area (Å²) in [5.74, 6) is -0.249. The van der Waals surface area contributed by atoms with Crippen LogP contribution in [0.15, 0.2) is 36.4 Å². The molecule has 0 radical (unpaired) electrons. The molecule has 0 saturated heterocycles. The highest BCUT2D eigenvalue weighted by atomic mass is 19.1. The van der Waals surface area contributed by atoms with Crippen LogP contribution in [0.25, 0.3) is 0 Å². The molecule has 0 bridgehead atoms. The molecule has 0 aliphatic carbocycles. The van der Waals surface area contributed by atoms with E-state index < -0.39 is 12.9 Å². The predicted molar refractivity (Wildman–Crippen MR) is 76.5 cm³/mol. The monoisotopic (exact) mass is 285 g/mol. The zero-order chi connectivity index (χ0) is 15.4. The normalized spacial score (nSPS) is 10.0. The van der Waals surface area contributed by atoms with Gasteiger partial charge in [0.05, 0.1) is 5.56 Å². The topological polar surface area (TPSA) is 73.5 Å². The fourth-order valence-electron chi connectivity index (χ4n) is 1.91. The molecular formula is C15H13BFNO3. The molecule has 0 fully saturated rings. The number of aryl methyl sites for hydroxylation is 1. The van der Waals surface area contributed by atoms with Gasteiger partial charge < -0.3 is 14.8 Å². The average molecular weight is 285 g/mol. The number of nitrogens with zero attached hydrogens (tertiary/aromatic N) is 1. The lowest BCUT2D eigenvalue weighted by Crippen LogP contribution is -2.31. The number of halogens is 1. The van der Waals surface area contributed by atoms with E-state index in [4.69, 9.17) is 10.00 Å². The third-order valence-corrected chi connectivity index (χ3v) is 2.99. The highest BCUT2D eigenvalue weighted by Gasteiger charge is 2.17. The Morgan fingerprint density at radius 3 is 2.67 bits per heavy atom. The van der Waals surface area contributed by atoms with Crippen LogP contribution in [-0.2, 0) is 6.61 Å². The fraction of sp³-hybridized carbons (Fsp3) is 0.133. The van der Waals surface area contributed by atoms with Crippen LogP contribution in [0.3, 0.4) is 0 Å². The minimum atomic E-state index is -1.64. The minimum absolute atomic E-state index is 0.0533. The van der Waals surface area contributed by atoms with E-state index in [0.717, 1.165) is 5.56 Å². The van der Waals surface area contributed by atoms with E-state index in [1.807, 2.05) is 6.92 Å². The van der Waals surface area contributed by atoms with E-state index in [1.165, 1.54) is 18.2 Å². The molecule has 2 N–H and O–H groups in total. The third-order valence-electron chi connectivity index (χ3n) is 2.99. The van der Waals surface area contributed by atoms with Gasteiger partial charge in [-0.25, -0.2) is 4.39 Å². The molecule has 0 aliphatic rings. The van der Waals surface area contributed by atoms with Crippen LogP contribution >= 0.6 is 0 Å². The molecule has 21 heavy (non-hydrogen) atoms. The van der Waals surface area contributed by atoms with Gasteiger partial charge in [-0.2, -0.15) is 5.26 Å². The van der Waals surface area contributed by atoms with Crippen LogP contribution in [0.5, 0.6) is 5.75 Å². The average Bonchev–Trinajstić information content (AvgIpc) is 2.47. The number of hydrogen-bond donors (Lipinski definition) is 2. The first-order valence-corrected chi connectivity index (χ1v) is 6.29. The Hall–Kier alpha value is -2.36. The highest BCUT2D eigenvalue weighted by molar-refractivity contribution is 6.59. The maximum Gasteiger partial charge on any atom is 0.492 e. The molecule has 0 aliphatic heterocycles. The van der Waals surface area contributed by atoms with Crippen LogP contribution in [0.2, 0.25) is 0 Å². The van der Waals surface area contributed by atoms with E-state index in [-0.39, 0.29) is 17.6 Å². The SMILES string of the molecule is Cc1ccc(OCc2ccc(F)c(C#N)c2)c(B(O)O)c1. The van der Waals surface area contributed by atoms with E-state index in [0.29, 0.717) is 11.3 Å². The molecule has 0 amide bonds. The molecule has 106 valence electrons. The van der Waals surface area contributed by atoms with E-state index >= 15 is 0 Å². The Morgan fingerprint density at radius 1 is 1.24 bits per heavy atom. The molecule has 6 heteroatoms. The molecule has 0 saturated carbocycles. The van der Waals surface area contributed by atoms with Crippen LogP contribution < -0.4 is 10.2 Å². The van der Waals surface area contributed by atoms with E-state index in [1.54, 1.807) is 24.3 Å². The van der Waals surface area contributed by atoms with Crippen molar-refractivity contribution in [2.75, 3.05) is 0 Å². The smallest absolute Gasteiger partial charge is 0.489 e. The summed E-state index contributed by atoms with van der Waals surface area (Å²) in [4.78, 5) is 0. The maximum atomic E-state index is 13.2. The van der Waals surface area contributed by atoms with Gasteiger partial charge >= 0.3 is 7.12 Å². The van der Waals surface area contributed by atoms with Crippen molar-refractivity contribution in [1.82, 2.24) is 0 Å². The van der Waals surface area contributed by atoms with Crippen molar-refractivity contribution >= 4 is 12.6 Å². The van der Waals surface area contributed by atoms with E-state index in [2.05, 4.69) is 0 Å². The van der Waals surface area contributed by atoms with Gasteiger partial charge in [-0.05, 0) is 30.7 Å². The van der Waals surface area contributed by atoms with Crippen molar-refractivity contribution < 1.29 is 19.2 Å². The lowest BCUT2D eigenvalue weighted by Gasteiger charge is -2.12. The molecule has 0 heterocycles. The largest absolute Gasteiger partial charge is 0.492 e. The molecule has 0 atom stereocenters. The second kappa shape index (κ2) is 6.40. The summed E-state index contributed by atoms with van der Waals surface area (Å²) in [7, 11) is -1.64. The maximum absolute atomic E-state index is 13.2. The van der Waals surface area contributed by atoms with Gasteiger partial charge in [-0.1, -0.05) is 23.8 Å². The standard InChI is InChI=1S/C15H13BFNO3/c1-10-2-5-15(13(6-10)16(19)20)21-9-11-3-4-14(17)12(7-11)8-18/h2-7,19-20H,9H2,1H3. The van der Waals surface area contributed by atoms with Crippen LogP contribution in [-0.4, -0.2) is 17.2 Å². The van der Waals surface area contributed by atoms with Crippen molar-refractivity contribution in [3.05, 3.63) is 58.9 Å². The Bertz CT molecular complexity index is 698. The van der Waals surface area contributed by atoms with Crippen molar-refractivity contribution in [3.63, 3.8) is 0 Å². The Kier molecular flexibility index (Phi) is 4.58. The molecular weight excluding hydrogens is 272 g/mol. The Labute approximate surface area is 122 Å². The minimum Gasteiger partial charge on any atom is -0.489 e. The second-order valence-electron chi connectivity index (χ2n) is 4.63. The van der Waals surface area contributed by atoms with Gasteiger partial charge in [-0.15, -0.1) is 0 Å². The quantitative estimate of drug-likeness (QED) is 0.829. The van der Waals surface area contributed by atoms with Gasteiger partial charge in [0.2, 0.25) is 0 Å². The summed E-state index contributed by atoms with van der Waals surface area (Å²) < 4.78 is 18.7. The second-order valence-corrected chi connectivity index (χ2v) is 4.63. The van der Waals surface area contributed by atoms with Crippen LogP contribution in [0.4, 0.5) is 4.39 Å². The summed E-state index contributed by atoms with van der Waals surface area (Å²) >= 11 is 0. The zero-order valence-electron chi connectivity index (χ0n) is 11.4. The van der Waals surface area contributed by atoms with E-state index in [9.17, 15) is 14.4 Å². The van der Waals surface area contributed by atoms with Crippen molar-refractivity contribution in [2.24, 2.45) is 0 Å². The first kappa shape index (κ1) is 15.0. The zero-order valence-corrected chi connectivity index (χ0v) is 11.4. The fourth-order valence-corrected chi connectivity index (χ4v) is 1.91. The summed E-state index contributed by atoms with van der Waals surface area (Å²) in [6, 6.07) is 10.9. The number of hydrogen-bond acceptors (Lipinski definition) is 4. The molecule has 0 unspecified atom stereocenters. The lowest BCUT2D eigenvalue weighted by molar-refractivity contribution is 0.306. The molecule has 2 aromatic carbocycles. The molecule has 0 aromatic heterocycles. The third kappa shape index (κ3) is 3.60.